The van der Waals surface area contributed by atoms with Crippen LogP contribution >= 0.6 is 11.8 Å². The molecule has 4 aromatic rings. The van der Waals surface area contributed by atoms with Gasteiger partial charge in [0.25, 0.3) is 0 Å². The monoisotopic (exact) mass is 485 g/mol. The van der Waals surface area contributed by atoms with Crippen LogP contribution in [-0.2, 0) is 4.79 Å². The van der Waals surface area contributed by atoms with E-state index in [9.17, 15) is 4.79 Å². The zero-order valence-electron chi connectivity index (χ0n) is 20.0. The van der Waals surface area contributed by atoms with E-state index in [1.807, 2.05) is 37.3 Å². The number of nitrogens with zero attached hydrogens (tertiary/aromatic N) is 3. The standard InChI is InChI=1S/C27H27N5O2S/c1-17-4-7-22(8-5-17)35-16-29-27-30-25(26(31-27)21-10-11-28-18(2)14-21)20-6-9-24-23(15-20)32(19(3)33)12-13-34-24/h4-11,14-15H,12-13,16H2,1-3H3,(H2,29,30,31). The Morgan fingerprint density at radius 2 is 1.94 bits per heavy atom. The molecule has 0 saturated carbocycles. The summed E-state index contributed by atoms with van der Waals surface area (Å²) in [5.41, 5.74) is 6.53. The Kier molecular flexibility index (Phi) is 6.46. The maximum Gasteiger partial charge on any atom is 0.224 e. The molecule has 0 spiro atoms. The molecule has 0 bridgehead atoms. The Morgan fingerprint density at radius 3 is 2.71 bits per heavy atom. The predicted molar refractivity (Wildman–Crippen MR) is 141 cm³/mol. The first-order valence-corrected chi connectivity index (χ1v) is 12.5. The number of hydrogen-bond acceptors (Lipinski definition) is 6. The number of pyridine rings is 1. The number of thioether (sulfide) groups is 1. The molecular formula is C27H27N5O2S. The van der Waals surface area contributed by atoms with Gasteiger partial charge in [-0.2, -0.15) is 0 Å². The second-order valence-electron chi connectivity index (χ2n) is 8.48. The number of anilines is 2. The highest BCUT2D eigenvalue weighted by Gasteiger charge is 2.23. The summed E-state index contributed by atoms with van der Waals surface area (Å²) < 4.78 is 5.79. The van der Waals surface area contributed by atoms with Crippen LogP contribution in [0.3, 0.4) is 0 Å². The summed E-state index contributed by atoms with van der Waals surface area (Å²) in [5, 5.41) is 3.40. The van der Waals surface area contributed by atoms with Crippen LogP contribution in [0.4, 0.5) is 11.6 Å². The summed E-state index contributed by atoms with van der Waals surface area (Å²) in [6, 6.07) is 18.4. The van der Waals surface area contributed by atoms with Crippen LogP contribution in [0, 0.1) is 13.8 Å². The fraction of sp³-hybridized carbons (Fsp3) is 0.222. The molecule has 0 radical (unpaired) electrons. The Hall–Kier alpha value is -3.78. The predicted octanol–water partition coefficient (Wildman–Crippen LogP) is 5.66. The zero-order valence-corrected chi connectivity index (χ0v) is 20.8. The minimum atomic E-state index is -0.00537. The largest absolute Gasteiger partial charge is 0.490 e. The molecule has 2 N–H and O–H groups in total. The summed E-state index contributed by atoms with van der Waals surface area (Å²) in [6.07, 6.45) is 1.80. The maximum atomic E-state index is 12.2. The number of fused-ring (bicyclic) bond motifs is 1. The molecule has 178 valence electrons. The van der Waals surface area contributed by atoms with Gasteiger partial charge in [0.1, 0.15) is 12.4 Å². The van der Waals surface area contributed by atoms with Gasteiger partial charge in [0.2, 0.25) is 11.9 Å². The van der Waals surface area contributed by atoms with Gasteiger partial charge in [0, 0.05) is 34.8 Å². The number of imidazole rings is 1. The van der Waals surface area contributed by atoms with Crippen molar-refractivity contribution in [2.45, 2.75) is 25.7 Å². The molecule has 5 rings (SSSR count). The van der Waals surface area contributed by atoms with Crippen LogP contribution in [-0.4, -0.2) is 39.9 Å². The summed E-state index contributed by atoms with van der Waals surface area (Å²) in [7, 11) is 0. The normalized spacial score (nSPS) is 12.7. The van der Waals surface area contributed by atoms with Crippen molar-refractivity contribution in [1.82, 2.24) is 15.0 Å². The number of aromatic nitrogens is 3. The first kappa shape index (κ1) is 23.0. The first-order chi connectivity index (χ1) is 17.0. The summed E-state index contributed by atoms with van der Waals surface area (Å²) in [6.45, 7) is 6.66. The van der Waals surface area contributed by atoms with Crippen molar-refractivity contribution >= 4 is 29.3 Å². The average Bonchev–Trinajstić information content (AvgIpc) is 3.29. The van der Waals surface area contributed by atoms with Crippen molar-refractivity contribution in [3.05, 3.63) is 72.1 Å². The third kappa shape index (κ3) is 5.02. The second kappa shape index (κ2) is 9.84. The zero-order chi connectivity index (χ0) is 24.4. The average molecular weight is 486 g/mol. The molecule has 3 heterocycles. The van der Waals surface area contributed by atoms with Crippen molar-refractivity contribution < 1.29 is 9.53 Å². The number of hydrogen-bond donors (Lipinski definition) is 2. The molecule has 35 heavy (non-hydrogen) atoms. The first-order valence-electron chi connectivity index (χ1n) is 11.5. The van der Waals surface area contributed by atoms with Crippen LogP contribution in [0.5, 0.6) is 5.75 Å². The molecule has 1 aliphatic heterocycles. The van der Waals surface area contributed by atoms with Crippen molar-refractivity contribution in [2.75, 3.05) is 29.2 Å². The van der Waals surface area contributed by atoms with E-state index >= 15 is 0 Å². The van der Waals surface area contributed by atoms with Gasteiger partial charge in [-0.3, -0.25) is 9.78 Å². The summed E-state index contributed by atoms with van der Waals surface area (Å²) in [5.74, 6) is 2.05. The van der Waals surface area contributed by atoms with Gasteiger partial charge in [-0.05, 0) is 56.3 Å². The van der Waals surface area contributed by atoms with E-state index in [1.54, 1.807) is 29.8 Å². The molecule has 2 aromatic carbocycles. The maximum absolute atomic E-state index is 12.2. The smallest absolute Gasteiger partial charge is 0.224 e. The lowest BCUT2D eigenvalue weighted by atomic mass is 10.0. The van der Waals surface area contributed by atoms with Crippen molar-refractivity contribution in [1.29, 1.82) is 0 Å². The van der Waals surface area contributed by atoms with Crippen LogP contribution in [0.25, 0.3) is 22.5 Å². The number of rotatable bonds is 6. The number of H-pyrrole nitrogens is 1. The van der Waals surface area contributed by atoms with E-state index in [4.69, 9.17) is 9.72 Å². The van der Waals surface area contributed by atoms with Crippen molar-refractivity contribution in [3.8, 4) is 28.3 Å². The van der Waals surface area contributed by atoms with E-state index in [1.165, 1.54) is 10.5 Å². The number of benzene rings is 2. The van der Waals surface area contributed by atoms with Crippen LogP contribution in [0.1, 0.15) is 18.2 Å². The van der Waals surface area contributed by atoms with Gasteiger partial charge in [-0.1, -0.05) is 17.7 Å². The van der Waals surface area contributed by atoms with Crippen molar-refractivity contribution in [3.63, 3.8) is 0 Å². The van der Waals surface area contributed by atoms with Gasteiger partial charge >= 0.3 is 0 Å². The van der Waals surface area contributed by atoms with E-state index in [-0.39, 0.29) is 5.91 Å². The number of aryl methyl sites for hydroxylation is 2. The molecule has 0 atom stereocenters. The van der Waals surface area contributed by atoms with E-state index < -0.39 is 0 Å². The molecule has 8 heteroatoms. The number of amides is 1. The number of nitrogens with one attached hydrogen (secondary N) is 2. The lowest BCUT2D eigenvalue weighted by molar-refractivity contribution is -0.116. The van der Waals surface area contributed by atoms with Crippen molar-refractivity contribution in [2.24, 2.45) is 0 Å². The molecule has 0 aliphatic carbocycles. The number of carbonyl (C=O) groups is 1. The quantitative estimate of drug-likeness (QED) is 0.271. The molecule has 1 aliphatic rings. The van der Waals surface area contributed by atoms with Gasteiger partial charge in [0.15, 0.2) is 0 Å². The molecule has 7 nitrogen and oxygen atoms in total. The third-order valence-electron chi connectivity index (χ3n) is 5.86. The van der Waals surface area contributed by atoms with Crippen LogP contribution < -0.4 is 15.0 Å². The van der Waals surface area contributed by atoms with Crippen LogP contribution in [0.2, 0.25) is 0 Å². The molecule has 0 saturated heterocycles. The lowest BCUT2D eigenvalue weighted by Gasteiger charge is -2.29. The Bertz CT molecular complexity index is 1370. The van der Waals surface area contributed by atoms with Crippen LogP contribution in [0.15, 0.2) is 65.7 Å². The highest BCUT2D eigenvalue weighted by molar-refractivity contribution is 7.99. The van der Waals surface area contributed by atoms with Gasteiger partial charge in [0.05, 0.1) is 29.5 Å². The topological polar surface area (TPSA) is 83.1 Å². The minimum Gasteiger partial charge on any atom is -0.490 e. The molecule has 2 aromatic heterocycles. The summed E-state index contributed by atoms with van der Waals surface area (Å²) >= 11 is 1.71. The molecule has 0 fully saturated rings. The molecular weight excluding hydrogens is 458 g/mol. The van der Waals surface area contributed by atoms with E-state index in [0.29, 0.717) is 30.7 Å². The number of ether oxygens (including phenoxy) is 1. The Labute approximate surface area is 209 Å². The SMILES string of the molecule is CC(=O)N1CCOc2ccc(-c3nc(NCSc4ccc(C)cc4)[nH]c3-c3ccnc(C)c3)cc21. The Balaban J connectivity index is 1.48. The fourth-order valence-electron chi connectivity index (χ4n) is 4.09. The molecule has 0 unspecified atom stereocenters. The third-order valence-corrected chi connectivity index (χ3v) is 6.76. The highest BCUT2D eigenvalue weighted by atomic mass is 32.2. The van der Waals surface area contributed by atoms with E-state index in [0.717, 1.165) is 33.9 Å². The Morgan fingerprint density at radius 1 is 1.11 bits per heavy atom. The van der Waals surface area contributed by atoms with E-state index in [2.05, 4.69) is 46.5 Å². The number of aromatic amines is 1. The second-order valence-corrected chi connectivity index (χ2v) is 9.52. The summed E-state index contributed by atoms with van der Waals surface area (Å²) in [4.78, 5) is 27.9. The fourth-order valence-corrected chi connectivity index (χ4v) is 4.79. The van der Waals surface area contributed by atoms with Gasteiger partial charge < -0.3 is 19.9 Å². The van der Waals surface area contributed by atoms with Gasteiger partial charge in [-0.25, -0.2) is 4.98 Å². The highest BCUT2D eigenvalue weighted by Crippen LogP contribution is 2.39. The van der Waals surface area contributed by atoms with Gasteiger partial charge in [-0.15, -0.1) is 11.8 Å². The minimum absolute atomic E-state index is 0.00537. The lowest BCUT2D eigenvalue weighted by Crippen LogP contribution is -2.36. The number of carbonyl (C=O) groups excluding carboxylic acids is 1. The molecule has 1 amide bonds.